The zero-order valence-corrected chi connectivity index (χ0v) is 10.4. The molecule has 0 aromatic heterocycles. The summed E-state index contributed by atoms with van der Waals surface area (Å²) in [5, 5.41) is 15.6. The van der Waals surface area contributed by atoms with Crippen molar-refractivity contribution in [2.75, 3.05) is 13.2 Å². The van der Waals surface area contributed by atoms with Gasteiger partial charge in [0.15, 0.2) is 0 Å². The third-order valence-corrected chi connectivity index (χ3v) is 3.28. The van der Waals surface area contributed by atoms with E-state index >= 15 is 0 Å². The van der Waals surface area contributed by atoms with Crippen LogP contribution >= 0.6 is 0 Å². The molecule has 1 saturated heterocycles. The minimum Gasteiger partial charge on any atom is -0.395 e. The van der Waals surface area contributed by atoms with E-state index in [1.807, 2.05) is 18.2 Å². The Labute approximate surface area is 107 Å². The highest BCUT2D eigenvalue weighted by molar-refractivity contribution is 5.78. The van der Waals surface area contributed by atoms with Crippen LogP contribution in [0.4, 0.5) is 0 Å². The third-order valence-electron chi connectivity index (χ3n) is 3.28. The number of aliphatic hydroxyl groups excluding tert-OH is 1. The lowest BCUT2D eigenvalue weighted by molar-refractivity contribution is -0.119. The number of rotatable bonds is 6. The van der Waals surface area contributed by atoms with Crippen LogP contribution in [0.3, 0.4) is 0 Å². The van der Waals surface area contributed by atoms with Crippen LogP contribution in [0, 0.1) is 0 Å². The molecule has 98 valence electrons. The highest BCUT2D eigenvalue weighted by Gasteiger charge is 2.21. The Morgan fingerprint density at radius 3 is 2.78 bits per heavy atom. The van der Waals surface area contributed by atoms with E-state index in [-0.39, 0.29) is 24.6 Å². The topological polar surface area (TPSA) is 61.4 Å². The zero-order chi connectivity index (χ0) is 12.8. The molecule has 1 fully saturated rings. The lowest BCUT2D eigenvalue weighted by Crippen LogP contribution is -2.43. The molecule has 18 heavy (non-hydrogen) atoms. The highest BCUT2D eigenvalue weighted by atomic mass is 16.3. The number of hydrogen-bond donors (Lipinski definition) is 3. The van der Waals surface area contributed by atoms with Crippen LogP contribution in [0.15, 0.2) is 30.3 Å². The average molecular weight is 248 g/mol. The van der Waals surface area contributed by atoms with Crippen molar-refractivity contribution in [2.24, 2.45) is 0 Å². The van der Waals surface area contributed by atoms with E-state index in [0.29, 0.717) is 6.42 Å². The van der Waals surface area contributed by atoms with Crippen molar-refractivity contribution in [3.05, 3.63) is 35.9 Å². The maximum Gasteiger partial charge on any atom is 0.220 e. The van der Waals surface area contributed by atoms with E-state index in [9.17, 15) is 9.90 Å². The van der Waals surface area contributed by atoms with Gasteiger partial charge in [0.05, 0.1) is 6.61 Å². The molecular formula is C14H20N2O2. The van der Waals surface area contributed by atoms with Gasteiger partial charge in [0.2, 0.25) is 5.91 Å². The number of aliphatic hydroxyl groups is 1. The molecule has 1 aromatic carbocycles. The summed E-state index contributed by atoms with van der Waals surface area (Å²) in [7, 11) is 0. The summed E-state index contributed by atoms with van der Waals surface area (Å²) in [6, 6.07) is 10.4. The molecule has 4 nitrogen and oxygen atoms in total. The molecule has 1 aliphatic rings. The van der Waals surface area contributed by atoms with E-state index in [1.165, 1.54) is 5.56 Å². The molecule has 4 heteroatoms. The quantitative estimate of drug-likeness (QED) is 0.685. The van der Waals surface area contributed by atoms with Gasteiger partial charge in [-0.2, -0.15) is 0 Å². The molecule has 1 heterocycles. The molecule has 0 aliphatic carbocycles. The second-order valence-corrected chi connectivity index (χ2v) is 4.78. The van der Waals surface area contributed by atoms with E-state index < -0.39 is 0 Å². The van der Waals surface area contributed by atoms with Crippen LogP contribution in [-0.4, -0.2) is 36.2 Å². The summed E-state index contributed by atoms with van der Waals surface area (Å²) in [5.41, 5.74) is 1.21. The zero-order valence-electron chi connectivity index (χ0n) is 10.4. The average Bonchev–Trinajstić information content (AvgIpc) is 2.81. The first kappa shape index (κ1) is 13.1. The highest BCUT2D eigenvalue weighted by Crippen LogP contribution is 2.07. The summed E-state index contributed by atoms with van der Waals surface area (Å²) < 4.78 is 0. The molecule has 0 radical (unpaired) electrons. The van der Waals surface area contributed by atoms with Gasteiger partial charge in [0.25, 0.3) is 0 Å². The first-order chi connectivity index (χ1) is 8.78. The molecule has 2 atom stereocenters. The van der Waals surface area contributed by atoms with Gasteiger partial charge in [-0.25, -0.2) is 0 Å². The summed E-state index contributed by atoms with van der Waals surface area (Å²) >= 11 is 0. The van der Waals surface area contributed by atoms with Crippen LogP contribution in [0.25, 0.3) is 0 Å². The number of benzene rings is 1. The Kier molecular flexibility index (Phi) is 4.73. The van der Waals surface area contributed by atoms with Gasteiger partial charge in [-0.1, -0.05) is 30.3 Å². The summed E-state index contributed by atoms with van der Waals surface area (Å²) in [6.45, 7) is 0.833. The molecule has 1 aromatic rings. The van der Waals surface area contributed by atoms with Crippen molar-refractivity contribution in [2.45, 2.75) is 31.3 Å². The van der Waals surface area contributed by atoms with E-state index in [2.05, 4.69) is 22.8 Å². The molecule has 3 N–H and O–H groups in total. The van der Waals surface area contributed by atoms with E-state index in [1.54, 1.807) is 0 Å². The first-order valence-electron chi connectivity index (χ1n) is 6.45. The molecule has 1 amide bonds. The number of hydrogen-bond acceptors (Lipinski definition) is 3. The van der Waals surface area contributed by atoms with Gasteiger partial charge < -0.3 is 15.7 Å². The second-order valence-electron chi connectivity index (χ2n) is 4.78. The molecule has 0 saturated carbocycles. The van der Waals surface area contributed by atoms with Crippen LogP contribution in [0.2, 0.25) is 0 Å². The Hall–Kier alpha value is -1.39. The Morgan fingerprint density at radius 1 is 1.39 bits per heavy atom. The fourth-order valence-corrected chi connectivity index (χ4v) is 2.24. The van der Waals surface area contributed by atoms with Gasteiger partial charge >= 0.3 is 0 Å². The molecular weight excluding hydrogens is 228 g/mol. The Balaban J connectivity index is 1.77. The second kappa shape index (κ2) is 6.52. The molecule has 0 bridgehead atoms. The third kappa shape index (κ3) is 3.82. The fourth-order valence-electron chi connectivity index (χ4n) is 2.24. The number of nitrogens with one attached hydrogen (secondary N) is 2. The normalized spacial score (nSPS) is 20.7. The van der Waals surface area contributed by atoms with Crippen molar-refractivity contribution >= 4 is 5.91 Å². The minimum absolute atomic E-state index is 0.0462. The van der Waals surface area contributed by atoms with Gasteiger partial charge in [-0.3, -0.25) is 4.79 Å². The van der Waals surface area contributed by atoms with Crippen molar-refractivity contribution in [1.29, 1.82) is 0 Å². The predicted molar refractivity (Wildman–Crippen MR) is 70.2 cm³/mol. The van der Waals surface area contributed by atoms with Crippen molar-refractivity contribution in [3.8, 4) is 0 Å². The first-order valence-corrected chi connectivity index (χ1v) is 6.45. The van der Waals surface area contributed by atoms with Crippen LogP contribution in [-0.2, 0) is 11.2 Å². The SMILES string of the molecule is O=C1CCC(CNC(CO)Cc2ccccc2)N1. The molecule has 2 unspecified atom stereocenters. The van der Waals surface area contributed by atoms with Gasteiger partial charge in [0.1, 0.15) is 0 Å². The molecule has 0 spiro atoms. The molecule has 1 aliphatic heterocycles. The van der Waals surface area contributed by atoms with Gasteiger partial charge in [-0.15, -0.1) is 0 Å². The van der Waals surface area contributed by atoms with Crippen LogP contribution in [0.5, 0.6) is 0 Å². The van der Waals surface area contributed by atoms with Crippen LogP contribution < -0.4 is 10.6 Å². The van der Waals surface area contributed by atoms with Crippen molar-refractivity contribution in [3.63, 3.8) is 0 Å². The monoisotopic (exact) mass is 248 g/mol. The van der Waals surface area contributed by atoms with Gasteiger partial charge in [0, 0.05) is 25.0 Å². The Bertz CT molecular complexity index is 381. The minimum atomic E-state index is 0.0462. The number of carbonyl (C=O) groups is 1. The number of amides is 1. The largest absolute Gasteiger partial charge is 0.395 e. The van der Waals surface area contributed by atoms with Crippen molar-refractivity contribution in [1.82, 2.24) is 10.6 Å². The lowest BCUT2D eigenvalue weighted by Gasteiger charge is -2.19. The predicted octanol–water partition coefficient (Wildman–Crippen LogP) is 0.458. The standard InChI is InChI=1S/C14H20N2O2/c17-10-13(8-11-4-2-1-3-5-11)15-9-12-6-7-14(18)16-12/h1-5,12-13,15,17H,6-10H2,(H,16,18). The van der Waals surface area contributed by atoms with Crippen molar-refractivity contribution < 1.29 is 9.90 Å². The molecule has 2 rings (SSSR count). The van der Waals surface area contributed by atoms with Crippen LogP contribution in [0.1, 0.15) is 18.4 Å². The maximum absolute atomic E-state index is 11.1. The fraction of sp³-hybridized carbons (Fsp3) is 0.500. The van der Waals surface area contributed by atoms with E-state index in [0.717, 1.165) is 19.4 Å². The lowest BCUT2D eigenvalue weighted by atomic mass is 10.1. The van der Waals surface area contributed by atoms with E-state index in [4.69, 9.17) is 0 Å². The summed E-state index contributed by atoms with van der Waals surface area (Å²) in [4.78, 5) is 11.1. The smallest absolute Gasteiger partial charge is 0.220 e. The summed E-state index contributed by atoms with van der Waals surface area (Å²) in [6.07, 6.45) is 2.31. The summed E-state index contributed by atoms with van der Waals surface area (Å²) in [5.74, 6) is 0.130. The van der Waals surface area contributed by atoms with Gasteiger partial charge in [-0.05, 0) is 18.4 Å². The maximum atomic E-state index is 11.1. The Morgan fingerprint density at radius 2 is 2.17 bits per heavy atom. The number of carbonyl (C=O) groups excluding carboxylic acids is 1.